The molecule has 100 valence electrons. The first kappa shape index (κ1) is 14.1. The SMILES string of the molecule is O=[N+]([O-])C1=C(c2ccccc2)C=CC(CCl)(CCl)C1. The highest BCUT2D eigenvalue weighted by Gasteiger charge is 2.36. The molecular formula is C14H13Cl2NO2. The third-order valence-electron chi connectivity index (χ3n) is 3.27. The molecule has 0 N–H and O–H groups in total. The van der Waals surface area contributed by atoms with Crippen LogP contribution in [0.4, 0.5) is 0 Å². The maximum absolute atomic E-state index is 11.3. The van der Waals surface area contributed by atoms with E-state index in [1.807, 2.05) is 36.4 Å². The van der Waals surface area contributed by atoms with Crippen molar-refractivity contribution in [2.75, 3.05) is 11.8 Å². The number of nitrogens with zero attached hydrogens (tertiary/aromatic N) is 1. The van der Waals surface area contributed by atoms with Gasteiger partial charge < -0.3 is 0 Å². The topological polar surface area (TPSA) is 43.1 Å². The lowest BCUT2D eigenvalue weighted by Crippen LogP contribution is -2.27. The summed E-state index contributed by atoms with van der Waals surface area (Å²) in [5, 5.41) is 11.3. The van der Waals surface area contributed by atoms with Crippen LogP contribution in [0, 0.1) is 15.5 Å². The number of alkyl halides is 2. The molecule has 0 amide bonds. The number of halogens is 2. The zero-order valence-electron chi connectivity index (χ0n) is 10.2. The molecule has 1 aliphatic carbocycles. The molecule has 0 saturated heterocycles. The largest absolute Gasteiger partial charge is 0.259 e. The second kappa shape index (κ2) is 5.76. The van der Waals surface area contributed by atoms with Gasteiger partial charge in [-0.3, -0.25) is 10.1 Å². The van der Waals surface area contributed by atoms with Gasteiger partial charge in [0.15, 0.2) is 0 Å². The van der Waals surface area contributed by atoms with Crippen LogP contribution in [0.15, 0.2) is 48.2 Å². The lowest BCUT2D eigenvalue weighted by molar-refractivity contribution is -0.428. The fraction of sp³-hybridized carbons (Fsp3) is 0.286. The third kappa shape index (κ3) is 2.82. The highest BCUT2D eigenvalue weighted by atomic mass is 35.5. The van der Waals surface area contributed by atoms with Crippen molar-refractivity contribution in [2.24, 2.45) is 5.41 Å². The summed E-state index contributed by atoms with van der Waals surface area (Å²) in [7, 11) is 0. The summed E-state index contributed by atoms with van der Waals surface area (Å²) in [6.07, 6.45) is 3.91. The van der Waals surface area contributed by atoms with E-state index in [-0.39, 0.29) is 28.8 Å². The van der Waals surface area contributed by atoms with Gasteiger partial charge in [-0.15, -0.1) is 23.2 Å². The van der Waals surface area contributed by atoms with Crippen molar-refractivity contribution in [3.05, 3.63) is 63.9 Å². The van der Waals surface area contributed by atoms with E-state index in [1.54, 1.807) is 6.08 Å². The summed E-state index contributed by atoms with van der Waals surface area (Å²) in [6, 6.07) is 9.32. The Balaban J connectivity index is 2.47. The summed E-state index contributed by atoms with van der Waals surface area (Å²) in [4.78, 5) is 11.0. The standard InChI is InChI=1S/C14H13Cl2NO2/c15-9-14(10-16)7-6-12(13(8-14)17(18)19)11-4-2-1-3-5-11/h1-7H,8-10H2. The molecular weight excluding hydrogens is 285 g/mol. The summed E-state index contributed by atoms with van der Waals surface area (Å²) in [5.74, 6) is 0.540. The average molecular weight is 298 g/mol. The second-order valence-corrected chi connectivity index (χ2v) is 5.16. The Morgan fingerprint density at radius 3 is 2.37 bits per heavy atom. The molecule has 0 fully saturated rings. The van der Waals surface area contributed by atoms with Crippen LogP contribution < -0.4 is 0 Å². The van der Waals surface area contributed by atoms with Gasteiger partial charge in [0.25, 0.3) is 5.70 Å². The first-order chi connectivity index (χ1) is 9.12. The van der Waals surface area contributed by atoms with E-state index < -0.39 is 5.41 Å². The summed E-state index contributed by atoms with van der Waals surface area (Å²) >= 11 is 11.8. The molecule has 1 aromatic rings. The van der Waals surface area contributed by atoms with Gasteiger partial charge >= 0.3 is 0 Å². The fourth-order valence-electron chi connectivity index (χ4n) is 2.11. The minimum atomic E-state index is -0.524. The minimum absolute atomic E-state index is 0.176. The number of rotatable bonds is 4. The van der Waals surface area contributed by atoms with Crippen LogP contribution in [0.3, 0.4) is 0 Å². The number of allylic oxidation sites excluding steroid dienone is 4. The molecule has 3 nitrogen and oxygen atoms in total. The molecule has 2 rings (SSSR count). The van der Waals surface area contributed by atoms with E-state index >= 15 is 0 Å². The van der Waals surface area contributed by atoms with Gasteiger partial charge in [0, 0.05) is 17.2 Å². The zero-order valence-corrected chi connectivity index (χ0v) is 11.7. The molecule has 0 bridgehead atoms. The molecule has 1 aliphatic rings. The predicted octanol–water partition coefficient (Wildman–Crippen LogP) is 4.10. The average Bonchev–Trinajstić information content (AvgIpc) is 2.47. The van der Waals surface area contributed by atoms with Crippen molar-refractivity contribution in [1.29, 1.82) is 0 Å². The van der Waals surface area contributed by atoms with Gasteiger partial charge in [0.05, 0.1) is 16.9 Å². The van der Waals surface area contributed by atoms with E-state index in [0.29, 0.717) is 5.57 Å². The van der Waals surface area contributed by atoms with E-state index in [0.717, 1.165) is 5.56 Å². The second-order valence-electron chi connectivity index (χ2n) is 4.62. The zero-order chi connectivity index (χ0) is 13.9. The highest BCUT2D eigenvalue weighted by Crippen LogP contribution is 2.39. The normalized spacial score (nSPS) is 17.6. The molecule has 19 heavy (non-hydrogen) atoms. The van der Waals surface area contributed by atoms with Crippen LogP contribution in [-0.4, -0.2) is 16.7 Å². The monoisotopic (exact) mass is 297 g/mol. The van der Waals surface area contributed by atoms with Gasteiger partial charge in [-0.25, -0.2) is 0 Å². The lowest BCUT2D eigenvalue weighted by Gasteiger charge is -2.28. The minimum Gasteiger partial charge on any atom is -0.259 e. The van der Waals surface area contributed by atoms with Gasteiger partial charge in [-0.05, 0) is 5.56 Å². The Labute approximate surface area is 121 Å². The van der Waals surface area contributed by atoms with Crippen molar-refractivity contribution in [2.45, 2.75) is 6.42 Å². The van der Waals surface area contributed by atoms with Crippen molar-refractivity contribution in [1.82, 2.24) is 0 Å². The first-order valence-corrected chi connectivity index (χ1v) is 6.93. The third-order valence-corrected chi connectivity index (χ3v) is 4.34. The quantitative estimate of drug-likeness (QED) is 0.477. The van der Waals surface area contributed by atoms with Gasteiger partial charge in [-0.2, -0.15) is 0 Å². The van der Waals surface area contributed by atoms with Crippen LogP contribution in [0.25, 0.3) is 5.57 Å². The Morgan fingerprint density at radius 1 is 1.21 bits per heavy atom. The van der Waals surface area contributed by atoms with E-state index in [2.05, 4.69) is 0 Å². The first-order valence-electron chi connectivity index (χ1n) is 5.86. The van der Waals surface area contributed by atoms with E-state index in [1.165, 1.54) is 0 Å². The van der Waals surface area contributed by atoms with Crippen LogP contribution in [-0.2, 0) is 0 Å². The van der Waals surface area contributed by atoms with Crippen LogP contribution in [0.5, 0.6) is 0 Å². The number of benzene rings is 1. The molecule has 0 spiro atoms. The summed E-state index contributed by atoms with van der Waals surface area (Å²) < 4.78 is 0. The molecule has 0 aliphatic heterocycles. The van der Waals surface area contributed by atoms with E-state index in [4.69, 9.17) is 23.2 Å². The summed E-state index contributed by atoms with van der Waals surface area (Å²) in [5.41, 5.74) is 1.12. The molecule has 0 unspecified atom stereocenters. The molecule has 1 aromatic carbocycles. The predicted molar refractivity (Wildman–Crippen MR) is 78.0 cm³/mol. The summed E-state index contributed by atoms with van der Waals surface area (Å²) in [6.45, 7) is 0. The molecule has 0 radical (unpaired) electrons. The van der Waals surface area contributed by atoms with Crippen molar-refractivity contribution in [3.63, 3.8) is 0 Å². The maximum Gasteiger partial charge on any atom is 0.254 e. The Hall–Kier alpha value is -1.32. The molecule has 0 aromatic heterocycles. The van der Waals surface area contributed by atoms with Gasteiger partial charge in [-0.1, -0.05) is 42.5 Å². The maximum atomic E-state index is 11.3. The fourth-order valence-corrected chi connectivity index (χ4v) is 2.76. The Morgan fingerprint density at radius 2 is 1.84 bits per heavy atom. The number of hydrogen-bond acceptors (Lipinski definition) is 2. The van der Waals surface area contributed by atoms with Gasteiger partial charge in [0.2, 0.25) is 0 Å². The molecule has 0 atom stereocenters. The van der Waals surface area contributed by atoms with Crippen molar-refractivity contribution < 1.29 is 4.92 Å². The van der Waals surface area contributed by atoms with Crippen molar-refractivity contribution in [3.8, 4) is 0 Å². The molecule has 0 heterocycles. The van der Waals surface area contributed by atoms with Crippen LogP contribution in [0.2, 0.25) is 0 Å². The molecule has 5 heteroatoms. The number of nitro groups is 1. The lowest BCUT2D eigenvalue weighted by atomic mass is 9.80. The number of hydrogen-bond donors (Lipinski definition) is 0. The van der Waals surface area contributed by atoms with Crippen LogP contribution >= 0.6 is 23.2 Å². The Bertz CT molecular complexity index is 534. The smallest absolute Gasteiger partial charge is 0.254 e. The van der Waals surface area contributed by atoms with Crippen molar-refractivity contribution >= 4 is 28.8 Å². The Kier molecular flexibility index (Phi) is 4.27. The van der Waals surface area contributed by atoms with Gasteiger partial charge in [0.1, 0.15) is 0 Å². The molecule has 0 saturated carbocycles. The van der Waals surface area contributed by atoms with E-state index in [9.17, 15) is 10.1 Å². The highest BCUT2D eigenvalue weighted by molar-refractivity contribution is 6.21. The van der Waals surface area contributed by atoms with Crippen LogP contribution in [0.1, 0.15) is 12.0 Å².